The number of nitrogens with two attached hydrogens (primary N) is 1. The highest BCUT2D eigenvalue weighted by atomic mass is 32.2. The van der Waals surface area contributed by atoms with Gasteiger partial charge in [0.2, 0.25) is 16.0 Å². The second-order valence-corrected chi connectivity index (χ2v) is 8.01. The first-order chi connectivity index (χ1) is 9.08. The minimum atomic E-state index is -3.00. The molecule has 3 rings (SSSR count). The molecular weight excluding hydrogens is 286 g/mol. The zero-order valence-electron chi connectivity index (χ0n) is 10.5. The van der Waals surface area contributed by atoms with Crippen molar-refractivity contribution >= 4 is 27.7 Å². The molecule has 0 aromatic carbocycles. The standard InChI is InChI=1S/C10H17N5O2S2/c11-9-12-13-10(15(9)8-2-3-8)18-6-5-14-4-1-7-19(14,16)17/h8H,1-7H2,(H2,11,12). The minimum Gasteiger partial charge on any atom is -0.368 e. The highest BCUT2D eigenvalue weighted by Crippen LogP contribution is 2.39. The molecule has 0 unspecified atom stereocenters. The van der Waals surface area contributed by atoms with Crippen LogP contribution in [0.5, 0.6) is 0 Å². The van der Waals surface area contributed by atoms with Gasteiger partial charge in [0.15, 0.2) is 5.16 Å². The van der Waals surface area contributed by atoms with Gasteiger partial charge in [-0.3, -0.25) is 4.57 Å². The lowest BCUT2D eigenvalue weighted by atomic mass is 10.5. The SMILES string of the molecule is Nc1nnc(SCCN2CCCS2(=O)=O)n1C1CC1. The molecule has 1 aromatic rings. The molecule has 0 spiro atoms. The normalized spacial score (nSPS) is 22.9. The van der Waals surface area contributed by atoms with Gasteiger partial charge < -0.3 is 5.73 Å². The van der Waals surface area contributed by atoms with E-state index in [0.717, 1.165) is 24.4 Å². The van der Waals surface area contributed by atoms with Gasteiger partial charge in [0, 0.05) is 24.9 Å². The largest absolute Gasteiger partial charge is 0.368 e. The predicted octanol–water partition coefficient (Wildman–Crippen LogP) is 0.323. The second-order valence-electron chi connectivity index (χ2n) is 4.86. The van der Waals surface area contributed by atoms with Crippen molar-refractivity contribution in [2.24, 2.45) is 0 Å². The Kier molecular flexibility index (Phi) is 3.44. The van der Waals surface area contributed by atoms with E-state index < -0.39 is 10.0 Å². The fourth-order valence-corrected chi connectivity index (χ4v) is 4.86. The maximum absolute atomic E-state index is 11.7. The molecule has 0 radical (unpaired) electrons. The van der Waals surface area contributed by atoms with Crippen molar-refractivity contribution in [3.05, 3.63) is 0 Å². The fraction of sp³-hybridized carbons (Fsp3) is 0.800. The molecule has 1 saturated heterocycles. The fourth-order valence-electron chi connectivity index (χ4n) is 2.24. The molecule has 1 aromatic heterocycles. The van der Waals surface area contributed by atoms with Crippen molar-refractivity contribution in [3.8, 4) is 0 Å². The van der Waals surface area contributed by atoms with Crippen LogP contribution in [0.4, 0.5) is 5.95 Å². The van der Waals surface area contributed by atoms with E-state index in [9.17, 15) is 8.42 Å². The van der Waals surface area contributed by atoms with E-state index in [1.807, 2.05) is 4.57 Å². The minimum absolute atomic E-state index is 0.281. The summed E-state index contributed by atoms with van der Waals surface area (Å²) in [5.41, 5.74) is 5.79. The third-order valence-corrected chi connectivity index (χ3v) is 6.26. The summed E-state index contributed by atoms with van der Waals surface area (Å²) in [6, 6.07) is 0.438. The molecule has 2 N–H and O–H groups in total. The van der Waals surface area contributed by atoms with E-state index in [-0.39, 0.29) is 5.75 Å². The van der Waals surface area contributed by atoms with E-state index in [1.165, 1.54) is 11.8 Å². The Hall–Kier alpha value is -0.800. The number of rotatable bonds is 5. The molecule has 106 valence electrons. The molecule has 0 amide bonds. The van der Waals surface area contributed by atoms with Crippen molar-refractivity contribution in [1.29, 1.82) is 0 Å². The molecule has 19 heavy (non-hydrogen) atoms. The number of nitrogen functional groups attached to an aromatic ring is 1. The quantitative estimate of drug-likeness (QED) is 0.787. The molecule has 2 aliphatic rings. The molecule has 0 bridgehead atoms. The number of nitrogens with zero attached hydrogens (tertiary/aromatic N) is 4. The van der Waals surface area contributed by atoms with Crippen LogP contribution in [0, 0.1) is 0 Å². The molecule has 2 fully saturated rings. The Morgan fingerprint density at radius 3 is 2.79 bits per heavy atom. The number of hydrogen-bond acceptors (Lipinski definition) is 6. The summed E-state index contributed by atoms with van der Waals surface area (Å²) in [5.74, 6) is 1.42. The van der Waals surface area contributed by atoms with Crippen LogP contribution in [-0.2, 0) is 10.0 Å². The summed E-state index contributed by atoms with van der Waals surface area (Å²) >= 11 is 1.53. The van der Waals surface area contributed by atoms with Crippen molar-refractivity contribution in [2.75, 3.05) is 30.3 Å². The van der Waals surface area contributed by atoms with E-state index in [2.05, 4.69) is 10.2 Å². The van der Waals surface area contributed by atoms with Gasteiger partial charge in [0.25, 0.3) is 0 Å². The monoisotopic (exact) mass is 303 g/mol. The molecule has 7 nitrogen and oxygen atoms in total. The van der Waals surface area contributed by atoms with E-state index in [4.69, 9.17) is 5.73 Å². The highest BCUT2D eigenvalue weighted by Gasteiger charge is 2.30. The summed E-state index contributed by atoms with van der Waals surface area (Å²) in [7, 11) is -3.00. The zero-order valence-corrected chi connectivity index (χ0v) is 12.2. The van der Waals surface area contributed by atoms with Crippen LogP contribution in [0.15, 0.2) is 5.16 Å². The maximum Gasteiger partial charge on any atom is 0.222 e. The van der Waals surface area contributed by atoms with Crippen LogP contribution in [0.25, 0.3) is 0 Å². The van der Waals surface area contributed by atoms with Gasteiger partial charge in [-0.1, -0.05) is 11.8 Å². The van der Waals surface area contributed by atoms with Crippen molar-refractivity contribution < 1.29 is 8.42 Å². The van der Waals surface area contributed by atoms with Crippen LogP contribution >= 0.6 is 11.8 Å². The Balaban J connectivity index is 1.58. The lowest BCUT2D eigenvalue weighted by Gasteiger charge is -2.13. The third kappa shape index (κ3) is 2.72. The molecule has 2 heterocycles. The van der Waals surface area contributed by atoms with Crippen LogP contribution in [-0.4, -0.2) is 52.1 Å². The number of aromatic nitrogens is 3. The first-order valence-electron chi connectivity index (χ1n) is 6.39. The van der Waals surface area contributed by atoms with Gasteiger partial charge in [0.1, 0.15) is 0 Å². The average molecular weight is 303 g/mol. The van der Waals surface area contributed by atoms with E-state index in [1.54, 1.807) is 4.31 Å². The van der Waals surface area contributed by atoms with Gasteiger partial charge in [-0.15, -0.1) is 10.2 Å². The Morgan fingerprint density at radius 1 is 1.37 bits per heavy atom. The smallest absolute Gasteiger partial charge is 0.222 e. The van der Waals surface area contributed by atoms with E-state index in [0.29, 0.717) is 30.8 Å². The lowest BCUT2D eigenvalue weighted by Crippen LogP contribution is -2.28. The van der Waals surface area contributed by atoms with Crippen molar-refractivity contribution in [2.45, 2.75) is 30.5 Å². The van der Waals surface area contributed by atoms with Gasteiger partial charge in [0.05, 0.1) is 5.75 Å². The topological polar surface area (TPSA) is 94.1 Å². The van der Waals surface area contributed by atoms with Crippen molar-refractivity contribution in [3.63, 3.8) is 0 Å². The molecule has 1 saturated carbocycles. The van der Waals surface area contributed by atoms with Crippen LogP contribution in [0.1, 0.15) is 25.3 Å². The summed E-state index contributed by atoms with van der Waals surface area (Å²) in [5, 5.41) is 8.76. The summed E-state index contributed by atoms with van der Waals surface area (Å²) in [4.78, 5) is 0. The van der Waals surface area contributed by atoms with E-state index >= 15 is 0 Å². The molecule has 9 heteroatoms. The van der Waals surface area contributed by atoms with Gasteiger partial charge in [-0.25, -0.2) is 12.7 Å². The Morgan fingerprint density at radius 2 is 2.16 bits per heavy atom. The lowest BCUT2D eigenvalue weighted by molar-refractivity contribution is 0.465. The Labute approximate surface area is 116 Å². The third-order valence-electron chi connectivity index (χ3n) is 3.38. The van der Waals surface area contributed by atoms with Gasteiger partial charge >= 0.3 is 0 Å². The first-order valence-corrected chi connectivity index (χ1v) is 8.98. The number of hydrogen-bond donors (Lipinski definition) is 1. The predicted molar refractivity (Wildman–Crippen MR) is 73.4 cm³/mol. The second kappa shape index (κ2) is 4.95. The van der Waals surface area contributed by atoms with Crippen LogP contribution in [0.2, 0.25) is 0 Å². The highest BCUT2D eigenvalue weighted by molar-refractivity contribution is 7.99. The number of thioether (sulfide) groups is 1. The maximum atomic E-state index is 11.7. The zero-order chi connectivity index (χ0) is 13.5. The van der Waals surface area contributed by atoms with Crippen molar-refractivity contribution in [1.82, 2.24) is 19.1 Å². The number of anilines is 1. The van der Waals surface area contributed by atoms with Crippen LogP contribution < -0.4 is 5.73 Å². The van der Waals surface area contributed by atoms with Gasteiger partial charge in [-0.05, 0) is 19.3 Å². The molecule has 0 atom stereocenters. The summed E-state index contributed by atoms with van der Waals surface area (Å²) < 4.78 is 26.8. The van der Waals surface area contributed by atoms with Crippen LogP contribution in [0.3, 0.4) is 0 Å². The molecule has 1 aliphatic carbocycles. The molecular formula is C10H17N5O2S2. The average Bonchev–Trinajstić information content (AvgIpc) is 3.04. The summed E-state index contributed by atoms with van der Waals surface area (Å²) in [6.45, 7) is 1.17. The summed E-state index contributed by atoms with van der Waals surface area (Å²) in [6.07, 6.45) is 2.98. The number of sulfonamides is 1. The Bertz CT molecular complexity index is 566. The van der Waals surface area contributed by atoms with Gasteiger partial charge in [-0.2, -0.15) is 0 Å². The molecule has 1 aliphatic heterocycles. The first kappa shape index (κ1) is 13.2.